The van der Waals surface area contributed by atoms with Crippen LogP contribution in [0.15, 0.2) is 110 Å². The van der Waals surface area contributed by atoms with Crippen molar-refractivity contribution < 1.29 is 27.6 Å². The zero-order valence-electron chi connectivity index (χ0n) is 26.8. The fourth-order valence-electron chi connectivity index (χ4n) is 6.39. The second-order valence-corrected chi connectivity index (χ2v) is 12.5. The summed E-state index contributed by atoms with van der Waals surface area (Å²) in [6.07, 6.45) is -2.26. The van der Waals surface area contributed by atoms with Gasteiger partial charge in [0.1, 0.15) is 6.04 Å². The Balaban J connectivity index is 1.54. The number of nitrogens with zero attached hydrogens (tertiary/aromatic N) is 1. The Morgan fingerprint density at radius 2 is 1.56 bits per heavy atom. The number of hydrogen-bond donors (Lipinski definition) is 2. The highest BCUT2D eigenvalue weighted by Gasteiger charge is 2.39. The number of amides is 3. The molecule has 6 nitrogen and oxygen atoms in total. The number of fused-ring (bicyclic) bond motifs is 3. The highest BCUT2D eigenvalue weighted by molar-refractivity contribution is 6.06. The van der Waals surface area contributed by atoms with Crippen LogP contribution in [0.2, 0.25) is 0 Å². The minimum absolute atomic E-state index is 0.0715. The second kappa shape index (κ2) is 14.3. The van der Waals surface area contributed by atoms with Gasteiger partial charge in [-0.1, -0.05) is 92.7 Å². The molecule has 3 N–H and O–H groups in total. The van der Waals surface area contributed by atoms with Gasteiger partial charge in [0.15, 0.2) is 0 Å². The Labute approximate surface area is 278 Å². The van der Waals surface area contributed by atoms with Crippen LogP contribution in [0.5, 0.6) is 0 Å². The number of benzene rings is 4. The van der Waals surface area contributed by atoms with Crippen LogP contribution < -0.4 is 16.0 Å². The topological polar surface area (TPSA) is 92.5 Å². The smallest absolute Gasteiger partial charge is 0.369 e. The predicted molar refractivity (Wildman–Crippen MR) is 181 cm³/mol. The van der Waals surface area contributed by atoms with Crippen LogP contribution >= 0.6 is 0 Å². The third kappa shape index (κ3) is 7.35. The number of anilines is 1. The van der Waals surface area contributed by atoms with Crippen molar-refractivity contribution in [3.63, 3.8) is 0 Å². The molecule has 1 aliphatic heterocycles. The first-order chi connectivity index (χ1) is 22.9. The molecule has 0 bridgehead atoms. The van der Waals surface area contributed by atoms with Gasteiger partial charge in [-0.15, -0.1) is 6.58 Å². The van der Waals surface area contributed by atoms with E-state index in [1.54, 1.807) is 23.1 Å². The van der Waals surface area contributed by atoms with Crippen LogP contribution in [0.25, 0.3) is 22.3 Å². The highest BCUT2D eigenvalue weighted by Crippen LogP contribution is 2.41. The van der Waals surface area contributed by atoms with Crippen LogP contribution in [0.4, 0.5) is 18.9 Å². The van der Waals surface area contributed by atoms with E-state index in [1.165, 1.54) is 12.1 Å². The summed E-state index contributed by atoms with van der Waals surface area (Å²) < 4.78 is 39.5. The van der Waals surface area contributed by atoms with Crippen molar-refractivity contribution in [3.05, 3.63) is 126 Å². The lowest BCUT2D eigenvalue weighted by molar-refractivity contribution is -0.137. The van der Waals surface area contributed by atoms with E-state index in [0.717, 1.165) is 28.8 Å². The van der Waals surface area contributed by atoms with Crippen molar-refractivity contribution >= 4 is 23.4 Å². The maximum absolute atomic E-state index is 14.7. The van der Waals surface area contributed by atoms with E-state index < -0.39 is 41.4 Å². The van der Waals surface area contributed by atoms with Gasteiger partial charge in [0, 0.05) is 5.56 Å². The molecule has 0 saturated carbocycles. The molecule has 3 atom stereocenters. The number of carbonyl (C=O) groups is 3. The fraction of sp³-hybridized carbons (Fsp3) is 0.256. The molecule has 3 amide bonds. The average molecular weight is 654 g/mol. The number of rotatable bonds is 11. The lowest BCUT2D eigenvalue weighted by Crippen LogP contribution is -2.47. The van der Waals surface area contributed by atoms with Crippen molar-refractivity contribution in [1.29, 1.82) is 0 Å². The summed E-state index contributed by atoms with van der Waals surface area (Å²) in [5, 5.41) is 3.01. The molecule has 0 radical (unpaired) electrons. The molecule has 1 heterocycles. The summed E-state index contributed by atoms with van der Waals surface area (Å²) in [6, 6.07) is 26.1. The number of hydrogen-bond acceptors (Lipinski definition) is 3. The molecular weight excluding hydrogens is 615 g/mol. The third-order valence-electron chi connectivity index (χ3n) is 8.70. The number of nitrogens with one attached hydrogen (secondary N) is 1. The van der Waals surface area contributed by atoms with Crippen LogP contribution in [-0.2, 0) is 27.1 Å². The normalized spacial score (nSPS) is 15.6. The summed E-state index contributed by atoms with van der Waals surface area (Å²) >= 11 is 0. The number of halogens is 3. The lowest BCUT2D eigenvalue weighted by Gasteiger charge is -2.30. The van der Waals surface area contributed by atoms with Crippen LogP contribution in [0, 0.1) is 17.8 Å². The Kier molecular flexibility index (Phi) is 10.2. The summed E-state index contributed by atoms with van der Waals surface area (Å²) in [5.41, 5.74) is 9.91. The maximum Gasteiger partial charge on any atom is 0.416 e. The zero-order chi connectivity index (χ0) is 34.6. The summed E-state index contributed by atoms with van der Waals surface area (Å²) in [4.78, 5) is 42.8. The molecule has 48 heavy (non-hydrogen) atoms. The lowest BCUT2D eigenvalue weighted by atomic mass is 9.82. The monoisotopic (exact) mass is 653 g/mol. The Morgan fingerprint density at radius 1 is 0.896 bits per heavy atom. The van der Waals surface area contributed by atoms with Gasteiger partial charge in [-0.2, -0.15) is 13.2 Å². The first-order valence-corrected chi connectivity index (χ1v) is 15.9. The van der Waals surface area contributed by atoms with Crippen LogP contribution in [-0.4, -0.2) is 17.7 Å². The summed E-state index contributed by atoms with van der Waals surface area (Å²) in [5.74, 6) is -2.92. The first kappa shape index (κ1) is 34.2. The molecule has 5 rings (SSSR count). The number of para-hydroxylation sites is 1. The largest absolute Gasteiger partial charge is 0.416 e. The Morgan fingerprint density at radius 3 is 2.21 bits per heavy atom. The predicted octanol–water partition coefficient (Wildman–Crippen LogP) is 8.08. The van der Waals surface area contributed by atoms with E-state index in [0.29, 0.717) is 28.8 Å². The van der Waals surface area contributed by atoms with Gasteiger partial charge in [0.25, 0.3) is 5.91 Å². The Bertz CT molecular complexity index is 1820. The van der Waals surface area contributed by atoms with Gasteiger partial charge < -0.3 is 16.0 Å². The fourth-order valence-corrected chi connectivity index (χ4v) is 6.39. The highest BCUT2D eigenvalue weighted by atomic mass is 19.4. The van der Waals surface area contributed by atoms with Crippen molar-refractivity contribution in [3.8, 4) is 22.3 Å². The molecule has 0 aliphatic carbocycles. The summed E-state index contributed by atoms with van der Waals surface area (Å²) in [6.45, 7) is 7.77. The number of primary amides is 1. The molecule has 1 aliphatic rings. The van der Waals surface area contributed by atoms with E-state index in [-0.39, 0.29) is 24.8 Å². The van der Waals surface area contributed by atoms with Crippen molar-refractivity contribution in [2.24, 2.45) is 23.5 Å². The zero-order valence-corrected chi connectivity index (χ0v) is 26.8. The number of carbonyl (C=O) groups excluding carboxylic acids is 3. The molecule has 9 heteroatoms. The van der Waals surface area contributed by atoms with Gasteiger partial charge in [-0.3, -0.25) is 14.4 Å². The number of alkyl halides is 3. The first-order valence-electron chi connectivity index (χ1n) is 15.9. The summed E-state index contributed by atoms with van der Waals surface area (Å²) in [7, 11) is 0. The molecule has 248 valence electrons. The number of nitrogens with two attached hydrogens (primary N) is 1. The van der Waals surface area contributed by atoms with E-state index in [4.69, 9.17) is 5.73 Å². The molecule has 0 saturated heterocycles. The minimum Gasteiger partial charge on any atom is -0.369 e. The number of allylic oxidation sites excluding steroid dienone is 1. The van der Waals surface area contributed by atoms with Crippen molar-refractivity contribution in [2.45, 2.75) is 45.5 Å². The van der Waals surface area contributed by atoms with Gasteiger partial charge in [-0.25, -0.2) is 0 Å². The minimum atomic E-state index is -4.44. The quantitative estimate of drug-likeness (QED) is 0.160. The Hall–Kier alpha value is -5.18. The molecular formula is C39H38F3N3O3. The SMILES string of the molecule is C=CCC(C(N)=O)C(CC(C)C)C(=O)NC1C(=O)N(Cc2cccc(-c3ccc(C(F)(F)F)cc3)c2)c2ccccc2-c2ccccc21. The van der Waals surface area contributed by atoms with Gasteiger partial charge in [-0.05, 0) is 70.8 Å². The third-order valence-corrected chi connectivity index (χ3v) is 8.70. The van der Waals surface area contributed by atoms with E-state index in [2.05, 4.69) is 11.9 Å². The molecule has 3 unspecified atom stereocenters. The average Bonchev–Trinajstić information content (AvgIpc) is 3.15. The molecule has 4 aromatic carbocycles. The molecule has 0 spiro atoms. The van der Waals surface area contributed by atoms with Gasteiger partial charge in [0.05, 0.1) is 29.6 Å². The van der Waals surface area contributed by atoms with E-state index in [9.17, 15) is 27.6 Å². The van der Waals surface area contributed by atoms with Crippen LogP contribution in [0.1, 0.15) is 49.4 Å². The molecule has 0 aromatic heterocycles. The molecule has 4 aromatic rings. The molecule has 0 fully saturated rings. The maximum atomic E-state index is 14.7. The van der Waals surface area contributed by atoms with Gasteiger partial charge >= 0.3 is 6.18 Å². The second-order valence-electron chi connectivity index (χ2n) is 12.5. The van der Waals surface area contributed by atoms with Crippen LogP contribution in [0.3, 0.4) is 0 Å². The van der Waals surface area contributed by atoms with Crippen molar-refractivity contribution in [1.82, 2.24) is 5.32 Å². The standard InChI is InChI=1S/C39H38F3N3O3/c1-4-10-32(36(43)46)33(21-24(2)3)37(47)44-35-31-15-6-5-13-29(31)30-14-7-8-16-34(30)45(38(35)48)23-25-11-9-12-27(22-25)26-17-19-28(20-18-26)39(40,41)42/h4-9,11-20,22,24,32-33,35H,1,10,21,23H2,2-3H3,(H2,43,46)(H,44,47). The van der Waals surface area contributed by atoms with E-state index >= 15 is 0 Å². The van der Waals surface area contributed by atoms with Crippen molar-refractivity contribution in [2.75, 3.05) is 4.90 Å². The van der Waals surface area contributed by atoms with Gasteiger partial charge in [0.2, 0.25) is 11.8 Å². The van der Waals surface area contributed by atoms with E-state index in [1.807, 2.05) is 74.5 Å².